The minimum Gasteiger partial charge on any atom is -0.327 e. The molecule has 0 bridgehead atoms. The summed E-state index contributed by atoms with van der Waals surface area (Å²) in [6.07, 6.45) is -30.6. The van der Waals surface area contributed by atoms with Crippen LogP contribution in [0.2, 0.25) is 0 Å². The SMILES string of the molecule is C=CCN.O=S(=O)(O)C(F)C(F)C(F)C(F)C(F)C(F)C(F)C(F)C(F)F. The van der Waals surface area contributed by atoms with Crippen molar-refractivity contribution >= 4 is 10.1 Å². The molecule has 8 unspecified atom stereocenters. The van der Waals surface area contributed by atoms with Gasteiger partial charge in [0.2, 0.25) is 0 Å². The smallest absolute Gasteiger partial charge is 0.300 e. The van der Waals surface area contributed by atoms with Crippen LogP contribution >= 0.6 is 0 Å². The molecule has 3 N–H and O–H groups in total. The number of hydrogen-bond acceptors (Lipinski definition) is 3. The summed E-state index contributed by atoms with van der Waals surface area (Å²) >= 11 is 0. The van der Waals surface area contributed by atoms with Crippen LogP contribution in [0.4, 0.5) is 43.9 Å². The first-order chi connectivity index (χ1) is 12.1. The predicted molar refractivity (Wildman–Crippen MR) is 76.0 cm³/mol. The topological polar surface area (TPSA) is 80.4 Å². The van der Waals surface area contributed by atoms with Gasteiger partial charge in [0.05, 0.1) is 0 Å². The van der Waals surface area contributed by atoms with Crippen molar-refractivity contribution in [1.82, 2.24) is 0 Å². The van der Waals surface area contributed by atoms with E-state index in [2.05, 4.69) is 6.58 Å². The molecule has 0 aromatic heterocycles. The Morgan fingerprint density at radius 3 is 1.22 bits per heavy atom. The maximum Gasteiger partial charge on any atom is 0.300 e. The molecule has 15 heteroatoms. The van der Waals surface area contributed by atoms with Crippen LogP contribution in [0.3, 0.4) is 0 Å². The predicted octanol–water partition coefficient (Wildman–Crippen LogP) is 2.93. The van der Waals surface area contributed by atoms with Gasteiger partial charge in [0.25, 0.3) is 11.9 Å². The lowest BCUT2D eigenvalue weighted by Crippen LogP contribution is -2.48. The molecule has 0 fully saturated rings. The third-order valence-electron chi connectivity index (χ3n) is 2.77. The van der Waals surface area contributed by atoms with Gasteiger partial charge in [-0.05, 0) is 0 Å². The number of halogens is 10. The van der Waals surface area contributed by atoms with Crippen molar-refractivity contribution < 1.29 is 56.9 Å². The molecule has 0 aromatic carbocycles. The summed E-state index contributed by atoms with van der Waals surface area (Å²) in [5.74, 6) is 0. The van der Waals surface area contributed by atoms with E-state index < -0.39 is 65.2 Å². The van der Waals surface area contributed by atoms with Gasteiger partial charge in [-0.25, -0.2) is 43.9 Å². The summed E-state index contributed by atoms with van der Waals surface area (Å²) in [6, 6.07) is 0. The Hall–Kier alpha value is -1.09. The molecule has 0 aliphatic rings. The van der Waals surface area contributed by atoms with Crippen LogP contribution in [0.5, 0.6) is 0 Å². The van der Waals surface area contributed by atoms with E-state index in [-0.39, 0.29) is 0 Å². The number of alkyl halides is 10. The highest BCUT2D eigenvalue weighted by atomic mass is 32.2. The van der Waals surface area contributed by atoms with E-state index in [0.717, 1.165) is 0 Å². The van der Waals surface area contributed by atoms with Crippen molar-refractivity contribution in [2.45, 2.75) is 55.1 Å². The number of nitrogens with two attached hydrogens (primary N) is 1. The van der Waals surface area contributed by atoms with E-state index in [4.69, 9.17) is 10.3 Å². The number of hydrogen-bond donors (Lipinski definition) is 2. The average Bonchev–Trinajstić information content (AvgIpc) is 2.62. The molecule has 0 spiro atoms. The molecule has 4 nitrogen and oxygen atoms in total. The molecule has 0 heterocycles. The van der Waals surface area contributed by atoms with Gasteiger partial charge in [0.15, 0.2) is 43.2 Å². The van der Waals surface area contributed by atoms with Gasteiger partial charge in [-0.2, -0.15) is 8.42 Å². The minimum absolute atomic E-state index is 0.583. The highest BCUT2D eigenvalue weighted by Gasteiger charge is 2.50. The Morgan fingerprint density at radius 2 is 1.00 bits per heavy atom. The van der Waals surface area contributed by atoms with E-state index in [1.807, 2.05) is 0 Å². The van der Waals surface area contributed by atoms with Crippen LogP contribution in [-0.4, -0.2) is 74.6 Å². The normalized spacial score (nSPS) is 21.1. The third kappa shape index (κ3) is 9.10. The van der Waals surface area contributed by atoms with Gasteiger partial charge in [0.1, 0.15) is 0 Å². The molecule has 0 aliphatic heterocycles. The summed E-state index contributed by atoms with van der Waals surface area (Å²) in [4.78, 5) is 0. The second-order valence-corrected chi connectivity index (χ2v) is 6.32. The lowest BCUT2D eigenvalue weighted by molar-refractivity contribution is -0.0674. The van der Waals surface area contributed by atoms with Gasteiger partial charge in [-0.1, -0.05) is 6.08 Å². The Bertz CT molecular complexity index is 526. The van der Waals surface area contributed by atoms with E-state index in [0.29, 0.717) is 6.54 Å². The largest absolute Gasteiger partial charge is 0.327 e. The molecule has 0 saturated heterocycles. The monoisotopic (exact) mass is 445 g/mol. The fraction of sp³-hybridized carbons (Fsp3) is 0.833. The average molecular weight is 445 g/mol. The Balaban J connectivity index is 0. The molecular formula is C12H17F10NO3S. The molecule has 8 atom stereocenters. The van der Waals surface area contributed by atoms with Crippen molar-refractivity contribution in [3.05, 3.63) is 12.7 Å². The highest BCUT2D eigenvalue weighted by Crippen LogP contribution is 2.29. The maximum atomic E-state index is 13.1. The standard InChI is InChI=1S/C9H10F10O3S.C3H7N/c10-1(2(11)4(13)6(15)8(17)18)3(12)5(14)7(16)9(19)23(20,21)22;1-2-3-4/h1-9H,(H,20,21,22);2H,1,3-4H2. The minimum atomic E-state index is -5.87. The number of rotatable bonds is 10. The summed E-state index contributed by atoms with van der Waals surface area (Å²) in [7, 11) is -5.87. The second-order valence-electron chi connectivity index (χ2n) is 4.84. The molecule has 0 saturated carbocycles. The zero-order valence-electron chi connectivity index (χ0n) is 13.2. The summed E-state index contributed by atoms with van der Waals surface area (Å²) in [6.45, 7) is 3.94. The molecule has 27 heavy (non-hydrogen) atoms. The molecule has 0 amide bonds. The maximum absolute atomic E-state index is 13.1. The lowest BCUT2D eigenvalue weighted by atomic mass is 10.00. The van der Waals surface area contributed by atoms with Crippen molar-refractivity contribution in [1.29, 1.82) is 0 Å². The van der Waals surface area contributed by atoms with Crippen molar-refractivity contribution in [3.63, 3.8) is 0 Å². The zero-order chi connectivity index (χ0) is 22.1. The lowest BCUT2D eigenvalue weighted by Gasteiger charge is -2.25. The van der Waals surface area contributed by atoms with Crippen molar-refractivity contribution in [2.24, 2.45) is 5.73 Å². The van der Waals surface area contributed by atoms with E-state index >= 15 is 0 Å². The first kappa shape index (κ1) is 28.1. The first-order valence-corrected chi connectivity index (χ1v) is 8.33. The van der Waals surface area contributed by atoms with Crippen LogP contribution in [0.1, 0.15) is 0 Å². The van der Waals surface area contributed by atoms with Gasteiger partial charge < -0.3 is 5.73 Å². The van der Waals surface area contributed by atoms with Crippen LogP contribution in [0.25, 0.3) is 0 Å². The van der Waals surface area contributed by atoms with E-state index in [1.54, 1.807) is 6.08 Å². The Morgan fingerprint density at radius 1 is 0.741 bits per heavy atom. The van der Waals surface area contributed by atoms with Gasteiger partial charge in [-0.15, -0.1) is 6.58 Å². The van der Waals surface area contributed by atoms with Crippen LogP contribution in [0.15, 0.2) is 12.7 Å². The zero-order valence-corrected chi connectivity index (χ0v) is 14.0. The molecule has 0 rings (SSSR count). The molecule has 0 aromatic rings. The quantitative estimate of drug-likeness (QED) is 0.308. The summed E-state index contributed by atoms with van der Waals surface area (Å²) in [5.41, 5.74) is 0.838. The highest BCUT2D eigenvalue weighted by molar-refractivity contribution is 7.86. The van der Waals surface area contributed by atoms with Crippen molar-refractivity contribution in [3.8, 4) is 0 Å². The van der Waals surface area contributed by atoms with Gasteiger partial charge in [0, 0.05) is 6.54 Å². The van der Waals surface area contributed by atoms with Gasteiger partial charge >= 0.3 is 10.1 Å². The third-order valence-corrected chi connectivity index (χ3v) is 3.60. The Kier molecular flexibility index (Phi) is 12.9. The van der Waals surface area contributed by atoms with E-state index in [9.17, 15) is 52.3 Å². The fourth-order valence-electron chi connectivity index (χ4n) is 1.33. The van der Waals surface area contributed by atoms with Gasteiger partial charge in [-0.3, -0.25) is 4.55 Å². The van der Waals surface area contributed by atoms with E-state index in [1.165, 1.54) is 0 Å². The first-order valence-electron chi connectivity index (χ1n) is 6.83. The van der Waals surface area contributed by atoms with Crippen LogP contribution in [-0.2, 0) is 10.1 Å². The molecular weight excluding hydrogens is 428 g/mol. The summed E-state index contributed by atoms with van der Waals surface area (Å²) in [5, 5.41) is 0. The molecule has 164 valence electrons. The van der Waals surface area contributed by atoms with Crippen molar-refractivity contribution in [2.75, 3.05) is 6.54 Å². The van der Waals surface area contributed by atoms with Crippen LogP contribution in [0, 0.1) is 0 Å². The Labute approximate surface area is 148 Å². The molecule has 0 aliphatic carbocycles. The van der Waals surface area contributed by atoms with Crippen LogP contribution < -0.4 is 5.73 Å². The second kappa shape index (κ2) is 12.4. The summed E-state index contributed by atoms with van der Waals surface area (Å²) < 4.78 is 155. The molecule has 0 radical (unpaired) electrons. The fourth-order valence-corrected chi connectivity index (χ4v) is 1.80.